The van der Waals surface area contributed by atoms with E-state index in [1.807, 2.05) is 41.8 Å². The van der Waals surface area contributed by atoms with Crippen LogP contribution in [-0.2, 0) is 6.42 Å². The molecule has 5 nitrogen and oxygen atoms in total. The van der Waals surface area contributed by atoms with Gasteiger partial charge in [0.05, 0.1) is 16.4 Å². The highest BCUT2D eigenvalue weighted by atomic mass is 32.1. The van der Waals surface area contributed by atoms with Gasteiger partial charge in [0.1, 0.15) is 5.75 Å². The van der Waals surface area contributed by atoms with E-state index in [0.29, 0.717) is 18.7 Å². The molecule has 116 valence electrons. The lowest BCUT2D eigenvalue weighted by molar-refractivity contribution is 0.200. The summed E-state index contributed by atoms with van der Waals surface area (Å²) in [6.45, 7) is 0.473. The molecule has 0 radical (unpaired) electrons. The van der Waals surface area contributed by atoms with Crippen molar-refractivity contribution in [2.24, 2.45) is 0 Å². The number of hydrogen-bond donors (Lipinski definition) is 1. The van der Waals surface area contributed by atoms with Gasteiger partial charge in [-0.15, -0.1) is 11.3 Å². The van der Waals surface area contributed by atoms with Gasteiger partial charge in [-0.2, -0.15) is 0 Å². The fourth-order valence-corrected chi connectivity index (χ4v) is 2.75. The molecule has 3 aromatic rings. The molecule has 3 rings (SSSR count). The Kier molecular flexibility index (Phi) is 4.95. The van der Waals surface area contributed by atoms with E-state index in [1.165, 1.54) is 0 Å². The topological polar surface area (TPSA) is 64.1 Å². The molecule has 0 bridgehead atoms. The van der Waals surface area contributed by atoms with Crippen LogP contribution in [0.25, 0.3) is 11.4 Å². The summed E-state index contributed by atoms with van der Waals surface area (Å²) >= 11 is 1.56. The molecule has 0 fully saturated rings. The van der Waals surface area contributed by atoms with Crippen molar-refractivity contribution < 1.29 is 9.53 Å². The second-order valence-corrected chi connectivity index (χ2v) is 5.66. The minimum Gasteiger partial charge on any atom is -0.410 e. The third-order valence-electron chi connectivity index (χ3n) is 3.04. The highest BCUT2D eigenvalue weighted by Gasteiger charge is 2.07. The largest absolute Gasteiger partial charge is 0.412 e. The second-order valence-electron chi connectivity index (χ2n) is 4.72. The molecule has 6 heteroatoms. The van der Waals surface area contributed by atoms with Gasteiger partial charge in [-0.1, -0.05) is 24.3 Å². The number of para-hydroxylation sites is 1. The van der Waals surface area contributed by atoms with Gasteiger partial charge in [0.2, 0.25) is 0 Å². The molecular weight excluding hydrogens is 310 g/mol. The fourth-order valence-electron chi connectivity index (χ4n) is 1.96. The first kappa shape index (κ1) is 15.2. The summed E-state index contributed by atoms with van der Waals surface area (Å²) < 4.78 is 5.15. The van der Waals surface area contributed by atoms with E-state index in [9.17, 15) is 4.79 Å². The standard InChI is InChI=1S/C17H15N3O2S/c21-17(22-13-6-2-1-3-7-13)19-11-9-16-20-15(12-23-16)14-8-4-5-10-18-14/h1-8,10,12H,9,11H2,(H,19,21). The van der Waals surface area contributed by atoms with Crippen molar-refractivity contribution in [2.75, 3.05) is 6.54 Å². The van der Waals surface area contributed by atoms with Gasteiger partial charge in [0.15, 0.2) is 0 Å². The Balaban J connectivity index is 1.48. The summed E-state index contributed by atoms with van der Waals surface area (Å²) in [5, 5.41) is 5.64. The Morgan fingerprint density at radius 3 is 2.70 bits per heavy atom. The Labute approximate surface area is 138 Å². The number of pyridine rings is 1. The lowest BCUT2D eigenvalue weighted by atomic mass is 10.3. The zero-order valence-corrected chi connectivity index (χ0v) is 13.1. The average Bonchev–Trinajstić information content (AvgIpc) is 3.05. The van der Waals surface area contributed by atoms with E-state index < -0.39 is 6.09 Å². The lowest BCUT2D eigenvalue weighted by Crippen LogP contribution is -2.28. The molecule has 23 heavy (non-hydrogen) atoms. The summed E-state index contributed by atoms with van der Waals surface area (Å²) in [4.78, 5) is 20.5. The number of carbonyl (C=O) groups is 1. The van der Waals surface area contributed by atoms with Gasteiger partial charge in [-0.25, -0.2) is 9.78 Å². The molecule has 0 aliphatic carbocycles. The highest BCUT2D eigenvalue weighted by Crippen LogP contribution is 2.19. The predicted molar refractivity (Wildman–Crippen MR) is 89.5 cm³/mol. The Hall–Kier alpha value is -2.73. The molecule has 0 atom stereocenters. The van der Waals surface area contributed by atoms with Crippen LogP contribution in [0.1, 0.15) is 5.01 Å². The number of thiazole rings is 1. The number of carbonyl (C=O) groups excluding carboxylic acids is 1. The van der Waals surface area contributed by atoms with Crippen LogP contribution in [0, 0.1) is 0 Å². The molecule has 0 aliphatic rings. The predicted octanol–water partition coefficient (Wildman–Crippen LogP) is 3.54. The van der Waals surface area contributed by atoms with E-state index >= 15 is 0 Å². The molecule has 1 N–H and O–H groups in total. The number of nitrogens with zero attached hydrogens (tertiary/aromatic N) is 2. The first-order valence-electron chi connectivity index (χ1n) is 7.18. The van der Waals surface area contributed by atoms with Crippen molar-refractivity contribution >= 4 is 17.4 Å². The van der Waals surface area contributed by atoms with Crippen molar-refractivity contribution in [3.63, 3.8) is 0 Å². The maximum Gasteiger partial charge on any atom is 0.412 e. The quantitative estimate of drug-likeness (QED) is 0.779. The smallest absolute Gasteiger partial charge is 0.410 e. The normalized spacial score (nSPS) is 10.3. The van der Waals surface area contributed by atoms with Crippen LogP contribution in [0.15, 0.2) is 60.1 Å². The summed E-state index contributed by atoms with van der Waals surface area (Å²) in [5.41, 5.74) is 1.71. The third-order valence-corrected chi connectivity index (χ3v) is 3.95. The van der Waals surface area contributed by atoms with Crippen LogP contribution in [0.2, 0.25) is 0 Å². The summed E-state index contributed by atoms with van der Waals surface area (Å²) in [5.74, 6) is 0.525. The number of aromatic nitrogens is 2. The molecule has 0 unspecified atom stereocenters. The number of hydrogen-bond acceptors (Lipinski definition) is 5. The monoisotopic (exact) mass is 325 g/mol. The van der Waals surface area contributed by atoms with Crippen molar-refractivity contribution in [2.45, 2.75) is 6.42 Å². The van der Waals surface area contributed by atoms with Crippen LogP contribution >= 0.6 is 11.3 Å². The highest BCUT2D eigenvalue weighted by molar-refractivity contribution is 7.09. The van der Waals surface area contributed by atoms with Gasteiger partial charge in [-0.3, -0.25) is 4.98 Å². The van der Waals surface area contributed by atoms with Crippen molar-refractivity contribution in [3.05, 3.63) is 65.1 Å². The van der Waals surface area contributed by atoms with Gasteiger partial charge in [-0.05, 0) is 24.3 Å². The van der Waals surface area contributed by atoms with Crippen LogP contribution in [0.3, 0.4) is 0 Å². The van der Waals surface area contributed by atoms with Gasteiger partial charge < -0.3 is 10.1 Å². The van der Waals surface area contributed by atoms with Crippen molar-refractivity contribution in [3.8, 4) is 17.1 Å². The number of benzene rings is 1. The van der Waals surface area contributed by atoms with Crippen LogP contribution in [-0.4, -0.2) is 22.6 Å². The van der Waals surface area contributed by atoms with Gasteiger partial charge >= 0.3 is 6.09 Å². The molecule has 0 saturated heterocycles. The van der Waals surface area contributed by atoms with E-state index in [2.05, 4.69) is 15.3 Å². The fraction of sp³-hybridized carbons (Fsp3) is 0.118. The van der Waals surface area contributed by atoms with Gasteiger partial charge in [0.25, 0.3) is 0 Å². The Morgan fingerprint density at radius 1 is 1.09 bits per heavy atom. The second kappa shape index (κ2) is 7.51. The van der Waals surface area contributed by atoms with E-state index in [-0.39, 0.29) is 0 Å². The summed E-state index contributed by atoms with van der Waals surface area (Å²) in [6, 6.07) is 14.7. The van der Waals surface area contributed by atoms with Crippen LogP contribution in [0.5, 0.6) is 5.75 Å². The first-order chi connectivity index (χ1) is 11.3. The molecule has 0 spiro atoms. The number of nitrogens with one attached hydrogen (secondary N) is 1. The maximum atomic E-state index is 11.7. The maximum absolute atomic E-state index is 11.7. The molecular formula is C17H15N3O2S. The zero-order valence-electron chi connectivity index (χ0n) is 12.3. The molecule has 0 aliphatic heterocycles. The minimum absolute atomic E-state index is 0.460. The SMILES string of the molecule is O=C(NCCc1nc(-c2ccccn2)cs1)Oc1ccccc1. The first-order valence-corrected chi connectivity index (χ1v) is 8.06. The van der Waals surface area contributed by atoms with Crippen LogP contribution < -0.4 is 10.1 Å². The van der Waals surface area contributed by atoms with Crippen LogP contribution in [0.4, 0.5) is 4.79 Å². The van der Waals surface area contributed by atoms with Gasteiger partial charge in [0, 0.05) is 24.5 Å². The number of amides is 1. The molecule has 0 saturated carbocycles. The third kappa shape index (κ3) is 4.37. The molecule has 2 aromatic heterocycles. The Bertz CT molecular complexity index is 760. The van der Waals surface area contributed by atoms with E-state index in [1.54, 1.807) is 29.7 Å². The zero-order chi connectivity index (χ0) is 15.9. The molecule has 1 amide bonds. The average molecular weight is 325 g/mol. The van der Waals surface area contributed by atoms with E-state index in [4.69, 9.17) is 4.74 Å². The Morgan fingerprint density at radius 2 is 1.91 bits per heavy atom. The molecule has 1 aromatic carbocycles. The number of rotatable bonds is 5. The van der Waals surface area contributed by atoms with Crippen molar-refractivity contribution in [1.82, 2.24) is 15.3 Å². The van der Waals surface area contributed by atoms with E-state index in [0.717, 1.165) is 16.4 Å². The summed E-state index contributed by atoms with van der Waals surface area (Å²) in [6.07, 6.45) is 1.94. The molecule has 2 heterocycles. The van der Waals surface area contributed by atoms with Crippen molar-refractivity contribution in [1.29, 1.82) is 0 Å². The summed E-state index contributed by atoms with van der Waals surface area (Å²) in [7, 11) is 0. The minimum atomic E-state index is -0.460. The lowest BCUT2D eigenvalue weighted by Gasteiger charge is -2.05. The number of ether oxygens (including phenoxy) is 1.